The first kappa shape index (κ1) is 13.8. The molecule has 1 rings (SSSR count). The molecule has 0 bridgehead atoms. The summed E-state index contributed by atoms with van der Waals surface area (Å²) in [7, 11) is 1.89. The van der Waals surface area contributed by atoms with Crippen molar-refractivity contribution in [2.45, 2.75) is 12.5 Å². The van der Waals surface area contributed by atoms with Gasteiger partial charge in [0.15, 0.2) is 0 Å². The van der Waals surface area contributed by atoms with Gasteiger partial charge in [0.2, 0.25) is 0 Å². The molecule has 0 aliphatic carbocycles. The summed E-state index contributed by atoms with van der Waals surface area (Å²) in [6, 6.07) is 7.52. The second-order valence-electron chi connectivity index (χ2n) is 3.61. The number of rotatable bonds is 6. The largest absolute Gasteiger partial charge is 0.388 e. The zero-order valence-corrected chi connectivity index (χ0v) is 10.6. The molecule has 6 heteroatoms. The maximum absolute atomic E-state index is 5.97. The van der Waals surface area contributed by atoms with E-state index in [0.717, 1.165) is 18.5 Å². The van der Waals surface area contributed by atoms with E-state index in [1.54, 1.807) is 0 Å². The lowest BCUT2D eigenvalue weighted by Crippen LogP contribution is -2.32. The summed E-state index contributed by atoms with van der Waals surface area (Å²) in [4.78, 5) is 0. The lowest BCUT2D eigenvalue weighted by Gasteiger charge is -2.25. The molecule has 0 fully saturated rings. The van der Waals surface area contributed by atoms with E-state index in [2.05, 4.69) is 10.4 Å². The van der Waals surface area contributed by atoms with Crippen molar-refractivity contribution < 1.29 is 0 Å². The van der Waals surface area contributed by atoms with E-state index in [1.165, 1.54) is 11.5 Å². The first-order valence-corrected chi connectivity index (χ1v) is 5.75. The lowest BCUT2D eigenvalue weighted by atomic mass is 10.0. The van der Waals surface area contributed by atoms with E-state index in [-0.39, 0.29) is 6.04 Å². The average Bonchev–Trinajstić information content (AvgIpc) is 2.30. The second-order valence-corrected chi connectivity index (χ2v) is 4.04. The van der Waals surface area contributed by atoms with E-state index < -0.39 is 0 Å². The van der Waals surface area contributed by atoms with Gasteiger partial charge in [-0.05, 0) is 37.7 Å². The van der Waals surface area contributed by atoms with Crippen molar-refractivity contribution in [3.8, 4) is 0 Å². The summed E-state index contributed by atoms with van der Waals surface area (Å²) >= 11 is 5.97. The van der Waals surface area contributed by atoms with Crippen LogP contribution in [0.25, 0.3) is 0 Å². The molecular weight excluding hydrogens is 238 g/mol. The van der Waals surface area contributed by atoms with Gasteiger partial charge in [-0.3, -0.25) is 0 Å². The summed E-state index contributed by atoms with van der Waals surface area (Å²) in [6.07, 6.45) is 1.99. The smallest absolute Gasteiger partial charge is 0.107 e. The average molecular weight is 256 g/mol. The molecule has 5 N–H and O–H groups in total. The highest BCUT2D eigenvalue weighted by molar-refractivity contribution is 6.30. The summed E-state index contributed by atoms with van der Waals surface area (Å²) < 4.78 is 0. The Hall–Kier alpha value is -1.30. The molecule has 1 atom stereocenters. The quantitative estimate of drug-likeness (QED) is 0.307. The van der Waals surface area contributed by atoms with Gasteiger partial charge in [-0.15, -0.1) is 0 Å². The van der Waals surface area contributed by atoms with E-state index in [0.29, 0.717) is 5.02 Å². The van der Waals surface area contributed by atoms with Gasteiger partial charge >= 0.3 is 0 Å². The minimum atomic E-state index is -0.0547. The van der Waals surface area contributed by atoms with Gasteiger partial charge in [0.1, 0.15) is 6.34 Å². The fourth-order valence-corrected chi connectivity index (χ4v) is 1.80. The third kappa shape index (κ3) is 4.22. The number of hydrazone groups is 1. The minimum Gasteiger partial charge on any atom is -0.388 e. The predicted molar refractivity (Wildman–Crippen MR) is 71.4 cm³/mol. The minimum absolute atomic E-state index is 0.0547. The molecule has 0 spiro atoms. The van der Waals surface area contributed by atoms with Gasteiger partial charge in [-0.25, -0.2) is 11.0 Å². The van der Waals surface area contributed by atoms with Crippen LogP contribution in [0.2, 0.25) is 5.02 Å². The molecule has 0 heterocycles. The summed E-state index contributed by atoms with van der Waals surface area (Å²) in [5.74, 6) is 5.84. The Morgan fingerprint density at radius 3 is 2.94 bits per heavy atom. The Kier molecular flexibility index (Phi) is 5.76. The maximum Gasteiger partial charge on any atom is 0.107 e. The number of benzene rings is 1. The molecule has 0 radical (unpaired) electrons. The molecule has 0 aliphatic heterocycles. The number of hydrogen-bond acceptors (Lipinski definition) is 4. The van der Waals surface area contributed by atoms with Crippen LogP contribution >= 0.6 is 11.6 Å². The Balaban J connectivity index is 2.88. The van der Waals surface area contributed by atoms with Gasteiger partial charge in [0.25, 0.3) is 0 Å². The lowest BCUT2D eigenvalue weighted by molar-refractivity contribution is 0.201. The third-order valence-electron chi connectivity index (χ3n) is 2.42. The Labute approximate surface area is 106 Å². The molecule has 1 aromatic rings. The molecule has 1 aromatic carbocycles. The van der Waals surface area contributed by atoms with Crippen LogP contribution in [0.1, 0.15) is 18.0 Å². The molecule has 0 aromatic heterocycles. The molecule has 0 saturated carbocycles. The van der Waals surface area contributed by atoms with Gasteiger partial charge < -0.3 is 11.1 Å². The highest BCUT2D eigenvalue weighted by Crippen LogP contribution is 2.24. The maximum atomic E-state index is 5.97. The third-order valence-corrected chi connectivity index (χ3v) is 2.66. The van der Waals surface area contributed by atoms with Crippen molar-refractivity contribution in [3.63, 3.8) is 0 Å². The van der Waals surface area contributed by atoms with Crippen LogP contribution in [0.5, 0.6) is 0 Å². The molecule has 0 amide bonds. The van der Waals surface area contributed by atoms with E-state index in [9.17, 15) is 0 Å². The van der Waals surface area contributed by atoms with Gasteiger partial charge in [0.05, 0.1) is 6.04 Å². The number of hydrogen-bond donors (Lipinski definition) is 3. The van der Waals surface area contributed by atoms with Crippen molar-refractivity contribution in [1.82, 2.24) is 10.4 Å². The highest BCUT2D eigenvalue weighted by atomic mass is 35.5. The summed E-state index contributed by atoms with van der Waals surface area (Å²) in [5, 5.41) is 8.99. The summed E-state index contributed by atoms with van der Waals surface area (Å²) in [6.45, 7) is 0.824. The Bertz CT molecular complexity index is 369. The number of halogens is 1. The van der Waals surface area contributed by atoms with Crippen LogP contribution < -0.4 is 16.9 Å². The normalized spacial score (nSPS) is 12.9. The second kappa shape index (κ2) is 7.11. The number of nitrogens with two attached hydrogens (primary N) is 2. The van der Waals surface area contributed by atoms with Crippen LogP contribution in [0.4, 0.5) is 0 Å². The van der Waals surface area contributed by atoms with E-state index >= 15 is 0 Å². The zero-order chi connectivity index (χ0) is 12.7. The van der Waals surface area contributed by atoms with Crippen molar-refractivity contribution >= 4 is 17.9 Å². The van der Waals surface area contributed by atoms with Crippen LogP contribution in [0.15, 0.2) is 29.4 Å². The molecule has 17 heavy (non-hydrogen) atoms. The van der Waals surface area contributed by atoms with Crippen molar-refractivity contribution in [2.75, 3.05) is 13.6 Å². The standard InChI is InChI=1S/C11H18ClN5/c1-15-6-5-11(17(14)16-8-13)9-3-2-4-10(12)7-9/h2-4,7-8,11,15H,5-6,14H2,1H3,(H2,13,16). The van der Waals surface area contributed by atoms with Crippen molar-refractivity contribution in [1.29, 1.82) is 0 Å². The SMILES string of the molecule is CNCCC(c1cccc(Cl)c1)N(N)/N=C\N. The Morgan fingerprint density at radius 2 is 2.35 bits per heavy atom. The Morgan fingerprint density at radius 1 is 1.59 bits per heavy atom. The predicted octanol–water partition coefficient (Wildman–Crippen LogP) is 1.07. The molecular formula is C11H18ClN5. The number of hydrazine groups is 1. The monoisotopic (exact) mass is 255 g/mol. The van der Waals surface area contributed by atoms with Crippen molar-refractivity contribution in [2.24, 2.45) is 16.7 Å². The fraction of sp³-hybridized carbons (Fsp3) is 0.364. The zero-order valence-electron chi connectivity index (χ0n) is 9.81. The number of nitrogens with one attached hydrogen (secondary N) is 1. The van der Waals surface area contributed by atoms with Crippen molar-refractivity contribution in [3.05, 3.63) is 34.9 Å². The topological polar surface area (TPSA) is 79.7 Å². The number of nitrogens with zero attached hydrogens (tertiary/aromatic N) is 2. The molecule has 5 nitrogen and oxygen atoms in total. The molecule has 94 valence electrons. The van der Waals surface area contributed by atoms with Gasteiger partial charge in [0, 0.05) is 5.02 Å². The van der Waals surface area contributed by atoms with Crippen LogP contribution in [-0.4, -0.2) is 25.0 Å². The van der Waals surface area contributed by atoms with Crippen LogP contribution in [0.3, 0.4) is 0 Å². The summed E-state index contributed by atoms with van der Waals surface area (Å²) in [5.41, 5.74) is 6.26. The van der Waals surface area contributed by atoms with E-state index in [4.69, 9.17) is 23.2 Å². The fourth-order valence-electron chi connectivity index (χ4n) is 1.60. The van der Waals surface area contributed by atoms with Gasteiger partial charge in [-0.2, -0.15) is 5.10 Å². The van der Waals surface area contributed by atoms with Crippen LogP contribution in [-0.2, 0) is 0 Å². The van der Waals surface area contributed by atoms with E-state index in [1.807, 2.05) is 31.3 Å². The highest BCUT2D eigenvalue weighted by Gasteiger charge is 2.16. The van der Waals surface area contributed by atoms with Gasteiger partial charge in [-0.1, -0.05) is 23.7 Å². The molecule has 0 aliphatic rings. The van der Waals surface area contributed by atoms with Crippen LogP contribution in [0, 0.1) is 0 Å². The first-order chi connectivity index (χ1) is 8.19. The molecule has 0 saturated heterocycles. The molecule has 1 unspecified atom stereocenters. The first-order valence-electron chi connectivity index (χ1n) is 5.37.